The molecule has 136 valence electrons. The maximum Gasteiger partial charge on any atom is 0.416 e. The van der Waals surface area contributed by atoms with Crippen LogP contribution in [0, 0.1) is 0 Å². The van der Waals surface area contributed by atoms with Gasteiger partial charge in [0.25, 0.3) is 5.91 Å². The molecule has 0 spiro atoms. The van der Waals surface area contributed by atoms with E-state index in [1.54, 1.807) is 6.07 Å². The van der Waals surface area contributed by atoms with E-state index in [1.807, 2.05) is 18.2 Å². The number of carbonyl (C=O) groups excluding carboxylic acids is 1. The van der Waals surface area contributed by atoms with E-state index < -0.39 is 17.6 Å². The van der Waals surface area contributed by atoms with Crippen LogP contribution < -0.4 is 5.32 Å². The second kappa shape index (κ2) is 6.43. The molecule has 1 N–H and O–H groups in total. The summed E-state index contributed by atoms with van der Waals surface area (Å²) in [5.41, 5.74) is 1.34. The number of amides is 1. The third kappa shape index (κ3) is 3.21. The number of alkyl halides is 3. The average molecular weight is 360 g/mol. The SMILES string of the molecule is O=C1NCc2c1cc(CN1CCC(c3ccccc3)C1)cc2C(F)(F)F. The topological polar surface area (TPSA) is 32.3 Å². The minimum absolute atomic E-state index is 0.0525. The Hall–Kier alpha value is -2.34. The standard InChI is InChI=1S/C20H19F3N2O/c21-20(22,23)18-9-13(8-16-17(18)10-24-19(16)26)11-25-7-6-15(12-25)14-4-2-1-3-5-14/h1-5,8-9,15H,6-7,10-12H2,(H,24,26). The zero-order valence-corrected chi connectivity index (χ0v) is 14.1. The van der Waals surface area contributed by atoms with Gasteiger partial charge in [0.1, 0.15) is 0 Å². The number of benzene rings is 2. The minimum atomic E-state index is -4.45. The molecule has 1 amide bonds. The Bertz CT molecular complexity index is 833. The molecule has 2 aliphatic heterocycles. The summed E-state index contributed by atoms with van der Waals surface area (Å²) in [5.74, 6) is -0.0213. The third-order valence-electron chi connectivity index (χ3n) is 5.23. The zero-order chi connectivity index (χ0) is 18.3. The molecule has 0 aliphatic carbocycles. The molecule has 1 saturated heterocycles. The van der Waals surface area contributed by atoms with Gasteiger partial charge in [-0.25, -0.2) is 0 Å². The van der Waals surface area contributed by atoms with Gasteiger partial charge < -0.3 is 5.32 Å². The Kier molecular flexibility index (Phi) is 4.23. The summed E-state index contributed by atoms with van der Waals surface area (Å²) < 4.78 is 40.2. The van der Waals surface area contributed by atoms with E-state index in [4.69, 9.17) is 0 Å². The largest absolute Gasteiger partial charge is 0.416 e. The zero-order valence-electron chi connectivity index (χ0n) is 14.1. The molecule has 26 heavy (non-hydrogen) atoms. The van der Waals surface area contributed by atoms with Crippen molar-refractivity contribution in [1.29, 1.82) is 0 Å². The Morgan fingerprint density at radius 1 is 1.15 bits per heavy atom. The summed E-state index contributed by atoms with van der Waals surface area (Å²) in [6.07, 6.45) is -3.47. The van der Waals surface area contributed by atoms with E-state index in [0.29, 0.717) is 18.0 Å². The maximum atomic E-state index is 13.4. The molecule has 4 rings (SSSR count). The predicted octanol–water partition coefficient (Wildman–Crippen LogP) is 3.94. The Morgan fingerprint density at radius 2 is 1.92 bits per heavy atom. The van der Waals surface area contributed by atoms with Crippen molar-refractivity contribution in [3.8, 4) is 0 Å². The van der Waals surface area contributed by atoms with Crippen LogP contribution in [0.4, 0.5) is 13.2 Å². The molecule has 1 fully saturated rings. The minimum Gasteiger partial charge on any atom is -0.348 e. The first kappa shape index (κ1) is 17.1. The van der Waals surface area contributed by atoms with E-state index in [1.165, 1.54) is 11.6 Å². The fourth-order valence-electron chi connectivity index (χ4n) is 3.96. The van der Waals surface area contributed by atoms with E-state index in [-0.39, 0.29) is 17.7 Å². The number of nitrogens with one attached hydrogen (secondary N) is 1. The monoisotopic (exact) mass is 360 g/mol. The normalized spacial score (nSPS) is 20.3. The Morgan fingerprint density at radius 3 is 2.65 bits per heavy atom. The van der Waals surface area contributed by atoms with Crippen LogP contribution in [0.5, 0.6) is 0 Å². The van der Waals surface area contributed by atoms with Crippen molar-refractivity contribution in [2.24, 2.45) is 0 Å². The molecule has 0 radical (unpaired) electrons. The molecule has 2 aromatic carbocycles. The van der Waals surface area contributed by atoms with Crippen LogP contribution in [-0.4, -0.2) is 23.9 Å². The highest BCUT2D eigenvalue weighted by atomic mass is 19.4. The van der Waals surface area contributed by atoms with Crippen molar-refractivity contribution in [2.75, 3.05) is 13.1 Å². The number of halogens is 3. The van der Waals surface area contributed by atoms with Gasteiger partial charge >= 0.3 is 6.18 Å². The lowest BCUT2D eigenvalue weighted by Crippen LogP contribution is -2.21. The molecule has 3 nitrogen and oxygen atoms in total. The van der Waals surface area contributed by atoms with E-state index in [0.717, 1.165) is 19.5 Å². The van der Waals surface area contributed by atoms with Crippen molar-refractivity contribution in [2.45, 2.75) is 31.6 Å². The van der Waals surface area contributed by atoms with Gasteiger partial charge in [-0.3, -0.25) is 9.69 Å². The Labute approximate surface area is 149 Å². The fraction of sp³-hybridized carbons (Fsp3) is 0.350. The van der Waals surface area contributed by atoms with Gasteiger partial charge in [0, 0.05) is 25.2 Å². The number of fused-ring (bicyclic) bond motifs is 1. The molecule has 6 heteroatoms. The molecule has 0 bridgehead atoms. The number of hydrogen-bond donors (Lipinski definition) is 1. The predicted molar refractivity (Wildman–Crippen MR) is 91.7 cm³/mol. The highest BCUT2D eigenvalue weighted by Gasteiger charge is 2.38. The molecule has 1 atom stereocenters. The van der Waals surface area contributed by atoms with Crippen LogP contribution in [0.25, 0.3) is 0 Å². The van der Waals surface area contributed by atoms with Gasteiger partial charge in [-0.15, -0.1) is 0 Å². The molecular formula is C20H19F3N2O. The first-order valence-corrected chi connectivity index (χ1v) is 8.70. The summed E-state index contributed by atoms with van der Waals surface area (Å²) in [6.45, 7) is 2.02. The molecule has 0 saturated carbocycles. The van der Waals surface area contributed by atoms with Gasteiger partial charge in [-0.2, -0.15) is 13.2 Å². The summed E-state index contributed by atoms with van der Waals surface area (Å²) in [4.78, 5) is 14.0. The second-order valence-corrected chi connectivity index (χ2v) is 6.98. The van der Waals surface area contributed by atoms with Crippen LogP contribution in [-0.2, 0) is 19.3 Å². The molecule has 2 heterocycles. The van der Waals surface area contributed by atoms with Gasteiger partial charge in [0.2, 0.25) is 0 Å². The van der Waals surface area contributed by atoms with Crippen LogP contribution in [0.1, 0.15) is 45.0 Å². The highest BCUT2D eigenvalue weighted by Crippen LogP contribution is 2.37. The highest BCUT2D eigenvalue weighted by molar-refractivity contribution is 5.99. The van der Waals surface area contributed by atoms with E-state index >= 15 is 0 Å². The van der Waals surface area contributed by atoms with Crippen molar-refractivity contribution in [1.82, 2.24) is 10.2 Å². The number of likely N-dealkylation sites (tertiary alicyclic amines) is 1. The van der Waals surface area contributed by atoms with Crippen LogP contribution in [0.3, 0.4) is 0 Å². The van der Waals surface area contributed by atoms with E-state index in [2.05, 4.69) is 22.3 Å². The van der Waals surface area contributed by atoms with Crippen LogP contribution >= 0.6 is 0 Å². The number of hydrogen-bond acceptors (Lipinski definition) is 2. The molecule has 0 aromatic heterocycles. The average Bonchev–Trinajstić information content (AvgIpc) is 3.22. The molecule has 2 aliphatic rings. The van der Waals surface area contributed by atoms with E-state index in [9.17, 15) is 18.0 Å². The maximum absolute atomic E-state index is 13.4. The van der Waals surface area contributed by atoms with Crippen molar-refractivity contribution in [3.05, 3.63) is 70.3 Å². The summed E-state index contributed by atoms with van der Waals surface area (Å²) in [7, 11) is 0. The second-order valence-electron chi connectivity index (χ2n) is 6.98. The van der Waals surface area contributed by atoms with Crippen molar-refractivity contribution in [3.63, 3.8) is 0 Å². The van der Waals surface area contributed by atoms with Gasteiger partial charge in [0.15, 0.2) is 0 Å². The van der Waals surface area contributed by atoms with Gasteiger partial charge in [-0.1, -0.05) is 30.3 Å². The molecule has 1 unspecified atom stereocenters. The molecular weight excluding hydrogens is 341 g/mol. The van der Waals surface area contributed by atoms with Gasteiger partial charge in [-0.05, 0) is 47.7 Å². The lowest BCUT2D eigenvalue weighted by atomic mass is 9.98. The number of rotatable bonds is 3. The number of carbonyl (C=O) groups is 1. The smallest absolute Gasteiger partial charge is 0.348 e. The van der Waals surface area contributed by atoms with Crippen LogP contribution in [0.15, 0.2) is 42.5 Å². The summed E-state index contributed by atoms with van der Waals surface area (Å²) >= 11 is 0. The third-order valence-corrected chi connectivity index (χ3v) is 5.23. The molecule has 2 aromatic rings. The Balaban J connectivity index is 1.56. The quantitative estimate of drug-likeness (QED) is 0.899. The summed E-state index contributed by atoms with van der Waals surface area (Å²) in [5, 5.41) is 2.49. The first-order valence-electron chi connectivity index (χ1n) is 8.70. The summed E-state index contributed by atoms with van der Waals surface area (Å²) in [6, 6.07) is 13.0. The van der Waals surface area contributed by atoms with Crippen LogP contribution in [0.2, 0.25) is 0 Å². The number of nitrogens with zero attached hydrogens (tertiary/aromatic N) is 1. The van der Waals surface area contributed by atoms with Crippen molar-refractivity contribution < 1.29 is 18.0 Å². The lowest BCUT2D eigenvalue weighted by molar-refractivity contribution is -0.138. The first-order chi connectivity index (χ1) is 12.4. The fourth-order valence-corrected chi connectivity index (χ4v) is 3.96. The lowest BCUT2D eigenvalue weighted by Gasteiger charge is -2.19. The van der Waals surface area contributed by atoms with Gasteiger partial charge in [0.05, 0.1) is 5.56 Å². The van der Waals surface area contributed by atoms with Crippen molar-refractivity contribution >= 4 is 5.91 Å².